The van der Waals surface area contributed by atoms with Crippen LogP contribution in [0.1, 0.15) is 13.8 Å². The molecular formula is C14H18CuO8. The molecular weight excluding hydrogens is 360 g/mol. The molecule has 8 nitrogen and oxygen atoms in total. The number of carbonyl (C=O) groups excluding carboxylic acids is 4. The van der Waals surface area contributed by atoms with Gasteiger partial charge in [0.05, 0.1) is 13.2 Å². The summed E-state index contributed by atoms with van der Waals surface area (Å²) in [7, 11) is 0. The largest absolute Gasteiger partial charge is 2.00 e. The summed E-state index contributed by atoms with van der Waals surface area (Å²) in [5.41, 5.74) is 0. The average Bonchev–Trinajstić information content (AvgIpc) is 2.49. The van der Waals surface area contributed by atoms with Gasteiger partial charge in [0, 0.05) is 35.9 Å². The molecule has 1 radical (unpaired) electrons. The third-order valence-corrected chi connectivity index (χ3v) is 2.09. The minimum atomic E-state index is -1.23. The van der Waals surface area contributed by atoms with E-state index < -0.39 is 35.7 Å². The van der Waals surface area contributed by atoms with E-state index in [-0.39, 0.29) is 30.3 Å². The number of ether oxygens (including phenoxy) is 2. The Labute approximate surface area is 144 Å². The van der Waals surface area contributed by atoms with Gasteiger partial charge in [0.15, 0.2) is 0 Å². The van der Waals surface area contributed by atoms with Gasteiger partial charge < -0.3 is 29.3 Å². The normalized spacial score (nSPS) is 11.2. The molecule has 0 aromatic heterocycles. The molecule has 133 valence electrons. The van der Waals surface area contributed by atoms with E-state index in [9.17, 15) is 29.4 Å². The molecule has 0 aromatic rings. The number of rotatable bonds is 8. The van der Waals surface area contributed by atoms with Crippen LogP contribution in [0.2, 0.25) is 0 Å². The summed E-state index contributed by atoms with van der Waals surface area (Å²) in [4.78, 5) is 40.9. The number of aliphatic carboxylic acids is 2. The molecule has 9 heteroatoms. The first-order chi connectivity index (χ1) is 10.1. The molecule has 2 unspecified atom stereocenters. The SMILES string of the molecule is C=CC(=O)OCC(C)C(=O)[O-].C=CC(=O)OCC(C)C(=O)[O-].[Cu+2]. The van der Waals surface area contributed by atoms with E-state index in [1.165, 1.54) is 13.8 Å². The van der Waals surface area contributed by atoms with E-state index in [1.807, 2.05) is 0 Å². The van der Waals surface area contributed by atoms with Gasteiger partial charge in [0.1, 0.15) is 0 Å². The summed E-state index contributed by atoms with van der Waals surface area (Å²) in [5.74, 6) is -5.28. The van der Waals surface area contributed by atoms with Crippen molar-refractivity contribution in [2.24, 2.45) is 11.8 Å². The summed E-state index contributed by atoms with van der Waals surface area (Å²) in [6.45, 7) is 8.73. The second kappa shape index (κ2) is 14.8. The van der Waals surface area contributed by atoms with Gasteiger partial charge >= 0.3 is 29.0 Å². The van der Waals surface area contributed by atoms with Crippen LogP contribution in [-0.2, 0) is 45.7 Å². The van der Waals surface area contributed by atoms with Gasteiger partial charge in [-0.05, 0) is 0 Å². The maximum atomic E-state index is 10.4. The average molecular weight is 378 g/mol. The molecule has 0 fully saturated rings. The topological polar surface area (TPSA) is 133 Å². The van der Waals surface area contributed by atoms with Crippen LogP contribution < -0.4 is 10.2 Å². The van der Waals surface area contributed by atoms with Crippen LogP contribution in [0.5, 0.6) is 0 Å². The Balaban J connectivity index is -0.000000333. The van der Waals surface area contributed by atoms with Crippen molar-refractivity contribution in [3.63, 3.8) is 0 Å². The van der Waals surface area contributed by atoms with Crippen molar-refractivity contribution < 1.29 is 55.9 Å². The first kappa shape index (κ1) is 25.8. The van der Waals surface area contributed by atoms with E-state index in [0.29, 0.717) is 0 Å². The summed E-state index contributed by atoms with van der Waals surface area (Å²) in [6, 6.07) is 0. The van der Waals surface area contributed by atoms with Crippen molar-refractivity contribution in [1.82, 2.24) is 0 Å². The van der Waals surface area contributed by atoms with Crippen molar-refractivity contribution in [2.45, 2.75) is 13.8 Å². The molecule has 23 heavy (non-hydrogen) atoms. The maximum absolute atomic E-state index is 10.4. The standard InChI is InChI=1S/2C7H10O4.Cu/c2*1-3-6(8)11-4-5(2)7(9)10;/h2*3,5H,1,4H2,2H3,(H,9,10);/q;;+2/p-2. The van der Waals surface area contributed by atoms with E-state index in [0.717, 1.165) is 12.2 Å². The van der Waals surface area contributed by atoms with E-state index in [2.05, 4.69) is 22.6 Å². The van der Waals surface area contributed by atoms with Gasteiger partial charge in [-0.15, -0.1) is 0 Å². The van der Waals surface area contributed by atoms with Crippen LogP contribution in [0.15, 0.2) is 25.3 Å². The Morgan fingerprint density at radius 2 is 1.13 bits per heavy atom. The zero-order chi connectivity index (χ0) is 17.7. The van der Waals surface area contributed by atoms with Gasteiger partial charge in [-0.3, -0.25) is 0 Å². The second-order valence-corrected chi connectivity index (χ2v) is 4.11. The van der Waals surface area contributed by atoms with Crippen molar-refractivity contribution in [1.29, 1.82) is 0 Å². The molecule has 0 aliphatic rings. The Hall–Kier alpha value is -2.12. The van der Waals surface area contributed by atoms with Crippen LogP contribution in [0.25, 0.3) is 0 Å². The summed E-state index contributed by atoms with van der Waals surface area (Å²) < 4.78 is 8.87. The van der Waals surface area contributed by atoms with Crippen molar-refractivity contribution in [3.05, 3.63) is 25.3 Å². The van der Waals surface area contributed by atoms with Crippen LogP contribution in [0.3, 0.4) is 0 Å². The summed E-state index contributed by atoms with van der Waals surface area (Å²) in [5, 5.41) is 20.1. The number of carbonyl (C=O) groups is 4. The first-order valence-electron chi connectivity index (χ1n) is 6.15. The van der Waals surface area contributed by atoms with E-state index in [1.54, 1.807) is 0 Å². The van der Waals surface area contributed by atoms with Crippen molar-refractivity contribution in [3.8, 4) is 0 Å². The zero-order valence-corrected chi connectivity index (χ0v) is 13.6. The molecule has 0 bridgehead atoms. The quantitative estimate of drug-likeness (QED) is 0.275. The van der Waals surface area contributed by atoms with Crippen LogP contribution >= 0.6 is 0 Å². The third-order valence-electron chi connectivity index (χ3n) is 2.09. The number of hydrogen-bond acceptors (Lipinski definition) is 8. The molecule has 0 aliphatic carbocycles. The minimum absolute atomic E-state index is 0. The Morgan fingerprint density at radius 1 is 0.870 bits per heavy atom. The number of carboxylic acids is 2. The molecule has 0 rings (SSSR count). The summed E-state index contributed by atoms with van der Waals surface area (Å²) in [6.07, 6.45) is 1.95. The summed E-state index contributed by atoms with van der Waals surface area (Å²) >= 11 is 0. The molecule has 0 N–H and O–H groups in total. The molecule has 0 spiro atoms. The Morgan fingerprint density at radius 3 is 1.30 bits per heavy atom. The van der Waals surface area contributed by atoms with Gasteiger partial charge in [-0.2, -0.15) is 0 Å². The predicted molar refractivity (Wildman–Crippen MR) is 70.7 cm³/mol. The fraction of sp³-hybridized carbons (Fsp3) is 0.429. The second-order valence-electron chi connectivity index (χ2n) is 4.11. The molecule has 0 amide bonds. The van der Waals surface area contributed by atoms with E-state index in [4.69, 9.17) is 0 Å². The smallest absolute Gasteiger partial charge is 0.550 e. The maximum Gasteiger partial charge on any atom is 2.00 e. The molecule has 0 aliphatic heterocycles. The molecule has 0 saturated heterocycles. The fourth-order valence-electron chi connectivity index (χ4n) is 0.668. The monoisotopic (exact) mass is 377 g/mol. The Kier molecular flexibility index (Phi) is 16.6. The zero-order valence-electron chi connectivity index (χ0n) is 12.7. The van der Waals surface area contributed by atoms with Crippen LogP contribution in [-0.4, -0.2) is 37.1 Å². The van der Waals surface area contributed by atoms with Gasteiger partial charge in [-0.1, -0.05) is 27.0 Å². The van der Waals surface area contributed by atoms with Gasteiger partial charge in [0.25, 0.3) is 0 Å². The van der Waals surface area contributed by atoms with E-state index >= 15 is 0 Å². The number of esters is 2. The molecule has 0 heterocycles. The molecule has 0 aromatic carbocycles. The van der Waals surface area contributed by atoms with Gasteiger partial charge in [-0.25, -0.2) is 9.59 Å². The number of carboxylic acid groups (broad SMARTS) is 2. The van der Waals surface area contributed by atoms with Gasteiger partial charge in [0.2, 0.25) is 0 Å². The third kappa shape index (κ3) is 16.1. The Bertz CT molecular complexity index is 392. The van der Waals surface area contributed by atoms with Crippen molar-refractivity contribution in [2.75, 3.05) is 13.2 Å². The van der Waals surface area contributed by atoms with Crippen molar-refractivity contribution >= 4 is 23.9 Å². The number of hydrogen-bond donors (Lipinski definition) is 0. The van der Waals surface area contributed by atoms with Crippen LogP contribution in [0.4, 0.5) is 0 Å². The van der Waals surface area contributed by atoms with Crippen LogP contribution in [0, 0.1) is 11.8 Å². The fourth-order valence-corrected chi connectivity index (χ4v) is 0.668. The predicted octanol–water partition coefficient (Wildman–Crippen LogP) is -1.80. The minimum Gasteiger partial charge on any atom is -0.550 e. The molecule has 0 saturated carbocycles. The molecule has 2 atom stereocenters. The first-order valence-corrected chi connectivity index (χ1v) is 6.15.